The van der Waals surface area contributed by atoms with Gasteiger partial charge in [0.05, 0.1) is 11.4 Å². The fourth-order valence-electron chi connectivity index (χ4n) is 2.76. The first-order chi connectivity index (χ1) is 14.8. The first-order valence-corrected chi connectivity index (χ1v) is 9.48. The summed E-state index contributed by atoms with van der Waals surface area (Å²) in [6.07, 6.45) is 1.35. The predicted octanol–water partition coefficient (Wildman–Crippen LogP) is 4.48. The van der Waals surface area contributed by atoms with Crippen molar-refractivity contribution >= 4 is 40.9 Å². The lowest BCUT2D eigenvalue weighted by molar-refractivity contribution is -0.114. The third kappa shape index (κ3) is 5.15. The van der Waals surface area contributed by atoms with Crippen LogP contribution in [0.15, 0.2) is 54.1 Å². The van der Waals surface area contributed by atoms with Gasteiger partial charge >= 0.3 is 0 Å². The molecule has 0 saturated heterocycles. The summed E-state index contributed by atoms with van der Waals surface area (Å²) in [5.74, 6) is -1.22. The Balaban J connectivity index is 1.84. The Labute approximate surface area is 182 Å². The van der Waals surface area contributed by atoms with Gasteiger partial charge in [-0.15, -0.1) is 0 Å². The van der Waals surface area contributed by atoms with Crippen molar-refractivity contribution in [2.45, 2.75) is 13.8 Å². The van der Waals surface area contributed by atoms with E-state index in [0.717, 1.165) is 0 Å². The standard InChI is InChI=1S/C22H17ClFN5O2/c1-13-20(21(23)29(28-13)19-9-3-16(24)4-10-19)11-15(12-25)22(31)27-18-7-5-17(6-8-18)26-14(2)30/h3-11H,1-2H3,(H,26,30)(H,27,31)/b15-11+. The van der Waals surface area contributed by atoms with E-state index in [4.69, 9.17) is 11.6 Å². The van der Waals surface area contributed by atoms with Crippen molar-refractivity contribution in [2.24, 2.45) is 0 Å². The number of amides is 2. The number of hydrogen-bond donors (Lipinski definition) is 2. The molecule has 0 radical (unpaired) electrons. The summed E-state index contributed by atoms with van der Waals surface area (Å²) in [5, 5.41) is 19.2. The maximum Gasteiger partial charge on any atom is 0.266 e. The van der Waals surface area contributed by atoms with E-state index < -0.39 is 11.7 Å². The highest BCUT2D eigenvalue weighted by atomic mass is 35.5. The van der Waals surface area contributed by atoms with Gasteiger partial charge in [0.25, 0.3) is 5.91 Å². The largest absolute Gasteiger partial charge is 0.326 e. The van der Waals surface area contributed by atoms with Gasteiger partial charge in [-0.3, -0.25) is 9.59 Å². The molecule has 31 heavy (non-hydrogen) atoms. The number of rotatable bonds is 5. The number of nitriles is 1. The highest BCUT2D eigenvalue weighted by molar-refractivity contribution is 6.31. The van der Waals surface area contributed by atoms with Crippen LogP contribution in [0.2, 0.25) is 5.15 Å². The fourth-order valence-corrected chi connectivity index (χ4v) is 3.09. The zero-order chi connectivity index (χ0) is 22.5. The zero-order valence-corrected chi connectivity index (χ0v) is 17.4. The summed E-state index contributed by atoms with van der Waals surface area (Å²) in [4.78, 5) is 23.6. The Morgan fingerprint density at radius 1 is 1.10 bits per heavy atom. The highest BCUT2D eigenvalue weighted by Gasteiger charge is 2.17. The molecule has 9 heteroatoms. The monoisotopic (exact) mass is 437 g/mol. The van der Waals surface area contributed by atoms with Crippen LogP contribution in [0, 0.1) is 24.1 Å². The lowest BCUT2D eigenvalue weighted by Gasteiger charge is -2.06. The van der Waals surface area contributed by atoms with Gasteiger partial charge in [-0.05, 0) is 61.5 Å². The minimum atomic E-state index is -0.625. The Morgan fingerprint density at radius 2 is 1.68 bits per heavy atom. The van der Waals surface area contributed by atoms with Crippen molar-refractivity contribution in [3.8, 4) is 11.8 Å². The fraction of sp³-hybridized carbons (Fsp3) is 0.0909. The Morgan fingerprint density at radius 3 is 2.23 bits per heavy atom. The van der Waals surface area contributed by atoms with Crippen LogP contribution in [0.3, 0.4) is 0 Å². The van der Waals surface area contributed by atoms with Crippen molar-refractivity contribution < 1.29 is 14.0 Å². The summed E-state index contributed by atoms with van der Waals surface area (Å²) in [5.41, 5.74) is 2.29. The predicted molar refractivity (Wildman–Crippen MR) is 116 cm³/mol. The van der Waals surface area contributed by atoms with Crippen LogP contribution in [0.25, 0.3) is 11.8 Å². The van der Waals surface area contributed by atoms with Crippen LogP contribution in [0.5, 0.6) is 0 Å². The lowest BCUT2D eigenvalue weighted by atomic mass is 10.1. The molecular weight excluding hydrogens is 421 g/mol. The van der Waals surface area contributed by atoms with Gasteiger partial charge in [-0.1, -0.05) is 11.6 Å². The smallest absolute Gasteiger partial charge is 0.266 e. The van der Waals surface area contributed by atoms with E-state index in [1.54, 1.807) is 31.2 Å². The molecule has 0 saturated carbocycles. The van der Waals surface area contributed by atoms with E-state index in [9.17, 15) is 19.2 Å². The van der Waals surface area contributed by atoms with Crippen LogP contribution < -0.4 is 10.6 Å². The summed E-state index contributed by atoms with van der Waals surface area (Å²) in [6, 6.07) is 13.9. The van der Waals surface area contributed by atoms with Crippen LogP contribution in [-0.2, 0) is 9.59 Å². The van der Waals surface area contributed by atoms with Crippen molar-refractivity contribution in [2.75, 3.05) is 10.6 Å². The zero-order valence-electron chi connectivity index (χ0n) is 16.6. The number of anilines is 2. The van der Waals surface area contributed by atoms with Gasteiger partial charge in [0.1, 0.15) is 22.6 Å². The number of halogens is 2. The molecule has 0 unspecified atom stereocenters. The molecule has 0 bridgehead atoms. The number of benzene rings is 2. The number of nitrogens with one attached hydrogen (secondary N) is 2. The molecule has 2 amide bonds. The molecule has 3 aromatic rings. The average Bonchev–Trinajstić information content (AvgIpc) is 3.01. The van der Waals surface area contributed by atoms with E-state index in [1.807, 2.05) is 6.07 Å². The first kappa shape index (κ1) is 21.7. The second kappa shape index (κ2) is 9.24. The molecule has 7 nitrogen and oxygen atoms in total. The van der Waals surface area contributed by atoms with Gasteiger partial charge in [-0.25, -0.2) is 9.07 Å². The van der Waals surface area contributed by atoms with Crippen LogP contribution >= 0.6 is 11.6 Å². The number of aromatic nitrogens is 2. The quantitative estimate of drug-likeness (QED) is 0.454. The summed E-state index contributed by atoms with van der Waals surface area (Å²) < 4.78 is 14.6. The molecule has 3 rings (SSSR count). The van der Waals surface area contributed by atoms with Crippen molar-refractivity contribution in [1.29, 1.82) is 5.26 Å². The third-order valence-electron chi connectivity index (χ3n) is 4.24. The van der Waals surface area contributed by atoms with Gasteiger partial charge in [0.15, 0.2) is 0 Å². The number of carbonyl (C=O) groups is 2. The second-order valence-electron chi connectivity index (χ2n) is 6.56. The number of aryl methyl sites for hydroxylation is 1. The SMILES string of the molecule is CC(=O)Nc1ccc(NC(=O)/C(C#N)=C/c2c(C)nn(-c3ccc(F)cc3)c2Cl)cc1. The second-order valence-corrected chi connectivity index (χ2v) is 6.92. The molecule has 0 aliphatic rings. The van der Waals surface area contributed by atoms with E-state index in [2.05, 4.69) is 15.7 Å². The first-order valence-electron chi connectivity index (χ1n) is 9.10. The number of nitrogens with zero attached hydrogens (tertiary/aromatic N) is 3. The van der Waals surface area contributed by atoms with E-state index in [1.165, 1.54) is 41.9 Å². The normalized spacial score (nSPS) is 11.0. The molecule has 0 aliphatic heterocycles. The molecule has 0 atom stereocenters. The molecule has 0 aliphatic carbocycles. The molecule has 0 spiro atoms. The minimum absolute atomic E-state index is 0.172. The van der Waals surface area contributed by atoms with Gasteiger partial charge in [-0.2, -0.15) is 10.4 Å². The van der Waals surface area contributed by atoms with E-state index >= 15 is 0 Å². The summed E-state index contributed by atoms with van der Waals surface area (Å²) in [6.45, 7) is 3.08. The van der Waals surface area contributed by atoms with Crippen molar-refractivity contribution in [1.82, 2.24) is 9.78 Å². The van der Waals surface area contributed by atoms with Crippen LogP contribution in [0.1, 0.15) is 18.2 Å². The molecule has 1 aromatic heterocycles. The summed E-state index contributed by atoms with van der Waals surface area (Å²) >= 11 is 6.42. The topological polar surface area (TPSA) is 99.8 Å². The van der Waals surface area contributed by atoms with Gasteiger partial charge in [0, 0.05) is 23.9 Å². The van der Waals surface area contributed by atoms with Crippen LogP contribution in [0.4, 0.5) is 15.8 Å². The Bertz CT molecular complexity index is 1210. The minimum Gasteiger partial charge on any atom is -0.326 e. The lowest BCUT2D eigenvalue weighted by Crippen LogP contribution is -2.13. The van der Waals surface area contributed by atoms with Crippen molar-refractivity contribution in [3.63, 3.8) is 0 Å². The Hall–Kier alpha value is -3.96. The number of carbonyl (C=O) groups excluding carboxylic acids is 2. The van der Waals surface area contributed by atoms with Crippen molar-refractivity contribution in [3.05, 3.63) is 76.3 Å². The molecule has 0 fully saturated rings. The molecule has 2 aromatic carbocycles. The summed E-state index contributed by atoms with van der Waals surface area (Å²) in [7, 11) is 0. The molecule has 156 valence electrons. The third-order valence-corrected chi connectivity index (χ3v) is 4.60. The van der Waals surface area contributed by atoms with Crippen LogP contribution in [-0.4, -0.2) is 21.6 Å². The van der Waals surface area contributed by atoms with E-state index in [-0.39, 0.29) is 16.6 Å². The molecule has 2 N–H and O–H groups in total. The molecule has 1 heterocycles. The molecular formula is C22H17ClFN5O2. The maximum absolute atomic E-state index is 13.2. The maximum atomic E-state index is 13.2. The highest BCUT2D eigenvalue weighted by Crippen LogP contribution is 2.26. The van der Waals surface area contributed by atoms with Gasteiger partial charge < -0.3 is 10.6 Å². The Kier molecular flexibility index (Phi) is 6.48. The number of hydrogen-bond acceptors (Lipinski definition) is 4. The van der Waals surface area contributed by atoms with E-state index in [0.29, 0.717) is 28.3 Å². The average molecular weight is 438 g/mol. The van der Waals surface area contributed by atoms with Gasteiger partial charge in [0.2, 0.25) is 5.91 Å².